The number of amides is 1. The summed E-state index contributed by atoms with van der Waals surface area (Å²) in [5, 5.41) is 7.59. The van der Waals surface area contributed by atoms with Crippen molar-refractivity contribution < 1.29 is 13.9 Å². The summed E-state index contributed by atoms with van der Waals surface area (Å²) >= 11 is 3.19. The molecule has 1 amide bonds. The van der Waals surface area contributed by atoms with E-state index < -0.39 is 0 Å². The quantitative estimate of drug-likeness (QED) is 0.862. The topological polar surface area (TPSA) is 55.3 Å². The molecule has 0 saturated heterocycles. The van der Waals surface area contributed by atoms with E-state index in [1.807, 2.05) is 0 Å². The maximum atomic E-state index is 12.9. The highest BCUT2D eigenvalue weighted by atomic mass is 79.9. The van der Waals surface area contributed by atoms with Crippen LogP contribution in [0.5, 0.6) is 11.6 Å². The van der Waals surface area contributed by atoms with E-state index in [-0.39, 0.29) is 23.3 Å². The molecule has 0 fully saturated rings. The Bertz CT molecular complexity index is 632. The molecule has 0 unspecified atom stereocenters. The Morgan fingerprint density at radius 3 is 2.55 bits per heavy atom. The third-order valence-electron chi connectivity index (χ3n) is 2.37. The summed E-state index contributed by atoms with van der Waals surface area (Å²) < 4.78 is 18.9. The molecule has 0 spiro atoms. The molecule has 2 rings (SSSR count). The summed E-state index contributed by atoms with van der Waals surface area (Å²) in [6.45, 7) is 0. The lowest BCUT2D eigenvalue weighted by Gasteiger charge is -2.09. The molecule has 0 saturated carbocycles. The molecule has 5 nitrogen and oxygen atoms in total. The van der Waals surface area contributed by atoms with Gasteiger partial charge < -0.3 is 9.64 Å². The molecule has 104 valence electrons. The molecule has 0 radical (unpaired) electrons. The number of halogens is 2. The molecular formula is C13H11BrFN3O2. The average molecular weight is 340 g/mol. The fourth-order valence-corrected chi connectivity index (χ4v) is 1.82. The fraction of sp³-hybridized carbons (Fsp3) is 0.154. The second-order valence-electron chi connectivity index (χ2n) is 4.13. The smallest absolute Gasteiger partial charge is 0.273 e. The van der Waals surface area contributed by atoms with Gasteiger partial charge >= 0.3 is 0 Å². The van der Waals surface area contributed by atoms with Crippen molar-refractivity contribution >= 4 is 21.8 Å². The van der Waals surface area contributed by atoms with Crippen LogP contribution in [0.4, 0.5) is 4.39 Å². The van der Waals surface area contributed by atoms with Crippen molar-refractivity contribution in [1.82, 2.24) is 15.1 Å². The first-order valence-corrected chi connectivity index (χ1v) is 6.45. The van der Waals surface area contributed by atoms with Crippen LogP contribution in [0.2, 0.25) is 0 Å². The minimum absolute atomic E-state index is 0.215. The Balaban J connectivity index is 2.17. The Kier molecular flexibility index (Phi) is 4.29. The largest absolute Gasteiger partial charge is 0.436 e. The summed E-state index contributed by atoms with van der Waals surface area (Å²) in [5.74, 6) is 0.00856. The Labute approximate surface area is 123 Å². The van der Waals surface area contributed by atoms with Gasteiger partial charge in [-0.15, -0.1) is 10.2 Å². The fourth-order valence-electron chi connectivity index (χ4n) is 1.39. The predicted octanol–water partition coefficient (Wildman–Crippen LogP) is 2.87. The summed E-state index contributed by atoms with van der Waals surface area (Å²) in [4.78, 5) is 13.0. The van der Waals surface area contributed by atoms with E-state index in [9.17, 15) is 9.18 Å². The standard InChI is InChI=1S/C13H11BrFN3O2/c1-18(2)13(19)10-4-6-12(17-16-10)20-11-5-3-8(15)7-9(11)14/h3-7H,1-2H3. The lowest BCUT2D eigenvalue weighted by molar-refractivity contribution is 0.0820. The Morgan fingerprint density at radius 1 is 1.25 bits per heavy atom. The zero-order valence-corrected chi connectivity index (χ0v) is 12.4. The highest BCUT2D eigenvalue weighted by Gasteiger charge is 2.11. The lowest BCUT2D eigenvalue weighted by Crippen LogP contribution is -2.23. The third-order valence-corrected chi connectivity index (χ3v) is 2.99. The van der Waals surface area contributed by atoms with Gasteiger partial charge in [-0.1, -0.05) is 0 Å². The van der Waals surface area contributed by atoms with Crippen LogP contribution in [0.15, 0.2) is 34.8 Å². The summed E-state index contributed by atoms with van der Waals surface area (Å²) in [6.07, 6.45) is 0. The number of carbonyl (C=O) groups excluding carboxylic acids is 1. The second-order valence-corrected chi connectivity index (χ2v) is 4.99. The molecule has 0 aliphatic rings. The molecule has 0 aliphatic heterocycles. The number of rotatable bonds is 3. The van der Waals surface area contributed by atoms with Crippen LogP contribution in [0.25, 0.3) is 0 Å². The van der Waals surface area contributed by atoms with Crippen molar-refractivity contribution in [3.05, 3.63) is 46.3 Å². The average Bonchev–Trinajstić information content (AvgIpc) is 2.42. The molecule has 1 aromatic heterocycles. The van der Waals surface area contributed by atoms with Gasteiger partial charge in [-0.3, -0.25) is 4.79 Å². The van der Waals surface area contributed by atoms with Crippen LogP contribution >= 0.6 is 15.9 Å². The number of aromatic nitrogens is 2. The second kappa shape index (κ2) is 5.96. The minimum atomic E-state index is -0.373. The SMILES string of the molecule is CN(C)C(=O)c1ccc(Oc2ccc(F)cc2Br)nn1. The maximum Gasteiger partial charge on any atom is 0.273 e. The van der Waals surface area contributed by atoms with E-state index in [1.165, 1.54) is 35.2 Å². The van der Waals surface area contributed by atoms with Gasteiger partial charge in [0.05, 0.1) is 4.47 Å². The van der Waals surface area contributed by atoms with Crippen LogP contribution in [-0.2, 0) is 0 Å². The van der Waals surface area contributed by atoms with Crippen LogP contribution in [0, 0.1) is 5.82 Å². The Morgan fingerprint density at radius 2 is 2.00 bits per heavy atom. The van der Waals surface area contributed by atoms with E-state index in [0.29, 0.717) is 10.2 Å². The van der Waals surface area contributed by atoms with Crippen LogP contribution < -0.4 is 4.74 Å². The summed E-state index contributed by atoms with van der Waals surface area (Å²) in [5.41, 5.74) is 0.223. The van der Waals surface area contributed by atoms with E-state index in [1.54, 1.807) is 14.1 Å². The molecule has 0 N–H and O–H groups in total. The van der Waals surface area contributed by atoms with E-state index in [4.69, 9.17) is 4.74 Å². The van der Waals surface area contributed by atoms with Crippen molar-refractivity contribution in [2.75, 3.05) is 14.1 Å². The molecule has 1 heterocycles. The lowest BCUT2D eigenvalue weighted by atomic mass is 10.3. The van der Waals surface area contributed by atoms with E-state index in [2.05, 4.69) is 26.1 Å². The van der Waals surface area contributed by atoms with Crippen molar-refractivity contribution in [2.24, 2.45) is 0 Å². The predicted molar refractivity (Wildman–Crippen MR) is 74.2 cm³/mol. The molecule has 1 aromatic carbocycles. The van der Waals surface area contributed by atoms with Crippen LogP contribution in [0.1, 0.15) is 10.5 Å². The van der Waals surface area contributed by atoms with Crippen LogP contribution in [-0.4, -0.2) is 35.1 Å². The van der Waals surface area contributed by atoms with Gasteiger partial charge in [-0.2, -0.15) is 0 Å². The third kappa shape index (κ3) is 3.30. The van der Waals surface area contributed by atoms with Gasteiger partial charge in [-0.25, -0.2) is 4.39 Å². The molecule has 0 aliphatic carbocycles. The number of ether oxygens (including phenoxy) is 1. The Hall–Kier alpha value is -2.02. The zero-order chi connectivity index (χ0) is 14.7. The first-order valence-electron chi connectivity index (χ1n) is 5.65. The number of carbonyl (C=O) groups is 1. The van der Waals surface area contributed by atoms with Gasteiger partial charge in [0, 0.05) is 20.2 Å². The van der Waals surface area contributed by atoms with Crippen molar-refractivity contribution in [3.8, 4) is 11.6 Å². The number of nitrogens with zero attached hydrogens (tertiary/aromatic N) is 3. The molecule has 0 atom stereocenters. The van der Waals surface area contributed by atoms with E-state index in [0.717, 1.165) is 0 Å². The van der Waals surface area contributed by atoms with Gasteiger partial charge in [0.1, 0.15) is 11.6 Å². The molecule has 2 aromatic rings. The first kappa shape index (κ1) is 14.4. The summed E-state index contributed by atoms with van der Waals surface area (Å²) in [7, 11) is 3.26. The monoisotopic (exact) mass is 339 g/mol. The van der Waals surface area contributed by atoms with Crippen molar-refractivity contribution in [1.29, 1.82) is 0 Å². The number of hydrogen-bond donors (Lipinski definition) is 0. The molecule has 7 heteroatoms. The minimum Gasteiger partial charge on any atom is -0.436 e. The van der Waals surface area contributed by atoms with Gasteiger partial charge in [-0.05, 0) is 40.2 Å². The maximum absolute atomic E-state index is 12.9. The normalized spacial score (nSPS) is 10.2. The molecule has 0 bridgehead atoms. The van der Waals surface area contributed by atoms with Gasteiger partial charge in [0.2, 0.25) is 5.88 Å². The summed E-state index contributed by atoms with van der Waals surface area (Å²) in [6, 6.07) is 7.08. The highest BCUT2D eigenvalue weighted by molar-refractivity contribution is 9.10. The number of hydrogen-bond acceptors (Lipinski definition) is 4. The highest BCUT2D eigenvalue weighted by Crippen LogP contribution is 2.28. The van der Waals surface area contributed by atoms with Gasteiger partial charge in [0.25, 0.3) is 5.91 Å². The zero-order valence-electron chi connectivity index (χ0n) is 10.8. The molecule has 20 heavy (non-hydrogen) atoms. The van der Waals surface area contributed by atoms with Crippen LogP contribution in [0.3, 0.4) is 0 Å². The van der Waals surface area contributed by atoms with E-state index >= 15 is 0 Å². The van der Waals surface area contributed by atoms with Crippen molar-refractivity contribution in [3.63, 3.8) is 0 Å². The first-order chi connectivity index (χ1) is 9.47. The number of benzene rings is 1. The molecular weight excluding hydrogens is 329 g/mol. The van der Waals surface area contributed by atoms with Gasteiger partial charge in [0.15, 0.2) is 5.69 Å². The van der Waals surface area contributed by atoms with Crippen molar-refractivity contribution in [2.45, 2.75) is 0 Å².